The van der Waals surface area contributed by atoms with E-state index in [0.717, 1.165) is 10.8 Å². The number of pyridine rings is 1. The number of benzene rings is 3. The highest BCUT2D eigenvalue weighted by Gasteiger charge is 2.19. The summed E-state index contributed by atoms with van der Waals surface area (Å²) in [6.07, 6.45) is 1.53. The third kappa shape index (κ3) is 5.54. The molecule has 0 saturated carbocycles. The monoisotopic (exact) mass is 497 g/mol. The number of aryl methyl sites for hydroxylation is 1. The molecule has 0 aliphatic heterocycles. The number of aromatic nitrogens is 1. The van der Waals surface area contributed by atoms with Crippen LogP contribution < -0.4 is 20.9 Å². The Morgan fingerprint density at radius 1 is 0.865 bits per heavy atom. The van der Waals surface area contributed by atoms with Crippen LogP contribution in [0.4, 0.5) is 21.1 Å². The number of phenols is 1. The van der Waals surface area contributed by atoms with Crippen molar-refractivity contribution in [2.75, 3.05) is 17.3 Å². The average Bonchev–Trinajstić information content (AvgIpc) is 2.91. The summed E-state index contributed by atoms with van der Waals surface area (Å²) in [5.74, 6) is -1.24. The lowest BCUT2D eigenvalue weighted by atomic mass is 10.00. The quantitative estimate of drug-likeness (QED) is 0.333. The molecular formula is C27H23N5O5. The number of carbonyl (C=O) groups excluding carboxylic acids is 4. The number of hydrogen-bond acceptors (Lipinski definition) is 6. The van der Waals surface area contributed by atoms with Crippen LogP contribution in [-0.2, 0) is 0 Å². The lowest BCUT2D eigenvalue weighted by molar-refractivity contribution is 0.0955. The van der Waals surface area contributed by atoms with Crippen molar-refractivity contribution in [3.05, 3.63) is 95.7 Å². The van der Waals surface area contributed by atoms with Crippen LogP contribution in [0.15, 0.2) is 79.0 Å². The van der Waals surface area contributed by atoms with E-state index >= 15 is 0 Å². The molecule has 0 spiro atoms. The van der Waals surface area contributed by atoms with Crippen molar-refractivity contribution < 1.29 is 24.3 Å². The summed E-state index contributed by atoms with van der Waals surface area (Å²) in [4.78, 5) is 55.0. The fourth-order valence-electron chi connectivity index (χ4n) is 3.64. The van der Waals surface area contributed by atoms with Crippen molar-refractivity contribution in [2.24, 2.45) is 0 Å². The smallest absolute Gasteiger partial charge is 0.329 e. The number of carbonyl (C=O) groups is 4. The van der Waals surface area contributed by atoms with Crippen LogP contribution in [0.2, 0.25) is 0 Å². The Balaban J connectivity index is 1.36. The molecule has 4 N–H and O–H groups in total. The highest BCUT2D eigenvalue weighted by atomic mass is 16.3. The Labute approximate surface area is 211 Å². The molecule has 4 rings (SSSR count). The molecule has 6 amide bonds. The summed E-state index contributed by atoms with van der Waals surface area (Å²) in [7, 11) is 1.48. The largest absolute Gasteiger partial charge is 0.507 e. The fraction of sp³-hybridized carbons (Fsp3) is 0.0741. The lowest BCUT2D eigenvalue weighted by Gasteiger charge is -2.16. The standard InChI is InChI=1S/C27H23N5O5/c1-16-20-8-4-3-7-18(20)15-21(23(16)33)25(35)30-26(36)29-19-12-10-17(11-13-19)24(34)31-27(37)32(2)22-9-5-6-14-28-22/h3-15,33H,1-2H3,(H,31,34,37)(H2,29,30,35,36). The molecule has 37 heavy (non-hydrogen) atoms. The number of rotatable bonds is 4. The molecule has 0 fully saturated rings. The molecule has 0 aliphatic carbocycles. The van der Waals surface area contributed by atoms with E-state index in [1.807, 2.05) is 18.2 Å². The second-order valence-electron chi connectivity index (χ2n) is 8.11. The van der Waals surface area contributed by atoms with Crippen molar-refractivity contribution in [3.63, 3.8) is 0 Å². The first kappa shape index (κ1) is 24.9. The number of fused-ring (bicyclic) bond motifs is 1. The topological polar surface area (TPSA) is 141 Å². The van der Waals surface area contributed by atoms with Crippen LogP contribution in [0.25, 0.3) is 10.8 Å². The summed E-state index contributed by atoms with van der Waals surface area (Å²) >= 11 is 0. The third-order valence-electron chi connectivity index (χ3n) is 5.67. The average molecular weight is 498 g/mol. The van der Waals surface area contributed by atoms with Crippen LogP contribution in [0, 0.1) is 6.92 Å². The molecular weight excluding hydrogens is 474 g/mol. The first-order valence-corrected chi connectivity index (χ1v) is 11.2. The van der Waals surface area contributed by atoms with Crippen LogP contribution in [-0.4, -0.2) is 41.0 Å². The fourth-order valence-corrected chi connectivity index (χ4v) is 3.64. The van der Waals surface area contributed by atoms with Crippen molar-refractivity contribution in [1.82, 2.24) is 15.6 Å². The van der Waals surface area contributed by atoms with Gasteiger partial charge in [-0.2, -0.15) is 0 Å². The molecule has 0 saturated heterocycles. The lowest BCUT2D eigenvalue weighted by Crippen LogP contribution is -2.41. The van der Waals surface area contributed by atoms with Gasteiger partial charge in [0, 0.05) is 24.5 Å². The number of imide groups is 2. The van der Waals surface area contributed by atoms with Crippen LogP contribution in [0.1, 0.15) is 26.3 Å². The molecule has 1 heterocycles. The number of nitrogens with zero attached hydrogens (tertiary/aromatic N) is 2. The van der Waals surface area contributed by atoms with Gasteiger partial charge in [-0.3, -0.25) is 25.1 Å². The normalized spacial score (nSPS) is 10.4. The maximum atomic E-state index is 12.6. The van der Waals surface area contributed by atoms with Gasteiger partial charge in [0.15, 0.2) is 0 Å². The van der Waals surface area contributed by atoms with Crippen molar-refractivity contribution in [3.8, 4) is 5.75 Å². The van der Waals surface area contributed by atoms with Gasteiger partial charge in [-0.1, -0.05) is 30.3 Å². The second kappa shape index (κ2) is 10.6. The minimum absolute atomic E-state index is 0.0290. The van der Waals surface area contributed by atoms with Gasteiger partial charge in [-0.15, -0.1) is 0 Å². The van der Waals surface area contributed by atoms with E-state index in [1.54, 1.807) is 31.2 Å². The van der Waals surface area contributed by atoms with Crippen LogP contribution in [0.3, 0.4) is 0 Å². The molecule has 3 aromatic carbocycles. The van der Waals surface area contributed by atoms with Gasteiger partial charge in [0.05, 0.1) is 5.56 Å². The summed E-state index contributed by atoms with van der Waals surface area (Å²) in [5.41, 5.74) is 0.986. The maximum Gasteiger partial charge on any atom is 0.329 e. The van der Waals surface area contributed by atoms with E-state index in [2.05, 4.69) is 20.9 Å². The molecule has 0 unspecified atom stereocenters. The molecule has 10 nitrogen and oxygen atoms in total. The number of anilines is 2. The highest BCUT2D eigenvalue weighted by Crippen LogP contribution is 2.30. The van der Waals surface area contributed by atoms with Crippen LogP contribution in [0.5, 0.6) is 5.75 Å². The van der Waals surface area contributed by atoms with E-state index in [4.69, 9.17) is 0 Å². The molecule has 4 aromatic rings. The number of nitrogens with one attached hydrogen (secondary N) is 3. The number of aromatic hydroxyl groups is 1. The zero-order chi connectivity index (χ0) is 26.5. The molecule has 10 heteroatoms. The van der Waals surface area contributed by atoms with E-state index in [0.29, 0.717) is 17.1 Å². The van der Waals surface area contributed by atoms with E-state index in [9.17, 15) is 24.3 Å². The van der Waals surface area contributed by atoms with Crippen molar-refractivity contribution in [2.45, 2.75) is 6.92 Å². The second-order valence-corrected chi connectivity index (χ2v) is 8.11. The molecule has 186 valence electrons. The minimum Gasteiger partial charge on any atom is -0.507 e. The van der Waals surface area contributed by atoms with Gasteiger partial charge in [0.25, 0.3) is 11.8 Å². The Morgan fingerprint density at radius 3 is 2.27 bits per heavy atom. The molecule has 1 aromatic heterocycles. The Kier molecular flexibility index (Phi) is 7.10. The zero-order valence-electron chi connectivity index (χ0n) is 20.0. The van der Waals surface area contributed by atoms with E-state index < -0.39 is 23.9 Å². The Bertz CT molecular complexity index is 1500. The molecule has 0 atom stereocenters. The van der Waals surface area contributed by atoms with Gasteiger partial charge >= 0.3 is 12.1 Å². The molecule has 0 radical (unpaired) electrons. The highest BCUT2D eigenvalue weighted by molar-refractivity contribution is 6.11. The third-order valence-corrected chi connectivity index (χ3v) is 5.67. The zero-order valence-corrected chi connectivity index (χ0v) is 20.0. The van der Waals surface area contributed by atoms with Gasteiger partial charge in [0.1, 0.15) is 11.6 Å². The van der Waals surface area contributed by atoms with Gasteiger partial charge in [-0.05, 0) is 65.7 Å². The molecule has 0 bridgehead atoms. The molecule has 0 aliphatic rings. The predicted molar refractivity (Wildman–Crippen MR) is 139 cm³/mol. The number of urea groups is 2. The van der Waals surface area contributed by atoms with Gasteiger partial charge < -0.3 is 10.4 Å². The maximum absolute atomic E-state index is 12.6. The van der Waals surface area contributed by atoms with E-state index in [-0.39, 0.29) is 16.9 Å². The minimum atomic E-state index is -0.820. The first-order chi connectivity index (χ1) is 17.7. The van der Waals surface area contributed by atoms with Gasteiger partial charge in [-0.25, -0.2) is 14.6 Å². The van der Waals surface area contributed by atoms with Gasteiger partial charge in [0.2, 0.25) is 0 Å². The first-order valence-electron chi connectivity index (χ1n) is 11.2. The van der Waals surface area contributed by atoms with E-state index in [1.165, 1.54) is 48.5 Å². The Morgan fingerprint density at radius 2 is 1.57 bits per heavy atom. The van der Waals surface area contributed by atoms with Crippen LogP contribution >= 0.6 is 0 Å². The summed E-state index contributed by atoms with van der Waals surface area (Å²) < 4.78 is 0. The summed E-state index contributed by atoms with van der Waals surface area (Å²) in [5, 5.41) is 18.9. The number of hydrogen-bond donors (Lipinski definition) is 4. The Hall–Kier alpha value is -5.25. The predicted octanol–water partition coefficient (Wildman–Crippen LogP) is 4.20. The van der Waals surface area contributed by atoms with Crippen molar-refractivity contribution in [1.29, 1.82) is 0 Å². The number of phenolic OH excluding ortho intramolecular Hbond substituents is 1. The summed E-state index contributed by atoms with van der Waals surface area (Å²) in [6, 6.07) is 18.1. The van der Waals surface area contributed by atoms with Crippen molar-refractivity contribution >= 4 is 46.2 Å². The number of amides is 6. The SMILES string of the molecule is Cc1c(O)c(C(=O)NC(=O)Nc2ccc(C(=O)NC(=O)N(C)c3ccccn3)cc2)cc2ccccc12. The summed E-state index contributed by atoms with van der Waals surface area (Å²) in [6.45, 7) is 1.69.